The van der Waals surface area contributed by atoms with E-state index in [2.05, 4.69) is 110 Å². The van der Waals surface area contributed by atoms with Crippen molar-refractivity contribution in [2.75, 3.05) is 13.1 Å². The van der Waals surface area contributed by atoms with Gasteiger partial charge in [0.25, 0.3) is 0 Å². The van der Waals surface area contributed by atoms with Crippen molar-refractivity contribution >= 4 is 68.3 Å². The molecule has 0 radical (unpaired) electrons. The van der Waals surface area contributed by atoms with E-state index >= 15 is 0 Å². The highest BCUT2D eigenvalue weighted by Gasteiger charge is 2.23. The molecule has 0 aliphatic carbocycles. The van der Waals surface area contributed by atoms with Crippen molar-refractivity contribution in [1.82, 2.24) is 30.6 Å². The number of H-pyrrole nitrogens is 2. The molecule has 3 aromatic heterocycles. The van der Waals surface area contributed by atoms with E-state index in [1.54, 1.807) is 0 Å². The Labute approximate surface area is 353 Å². The van der Waals surface area contributed by atoms with Gasteiger partial charge in [0.2, 0.25) is 11.8 Å². The molecule has 60 heavy (non-hydrogen) atoms. The van der Waals surface area contributed by atoms with Gasteiger partial charge in [-0.3, -0.25) is 9.59 Å². The molecular formula is C52H56N6O2. The molecule has 2 amide bonds. The fourth-order valence-electron chi connectivity index (χ4n) is 8.29. The number of rotatable bonds is 16. The van der Waals surface area contributed by atoms with E-state index in [1.807, 2.05) is 48.6 Å². The summed E-state index contributed by atoms with van der Waals surface area (Å²) in [5.41, 5.74) is 17.7. The van der Waals surface area contributed by atoms with E-state index in [0.29, 0.717) is 38.8 Å². The predicted octanol–water partition coefficient (Wildman–Crippen LogP) is 11.1. The summed E-state index contributed by atoms with van der Waals surface area (Å²) in [5.74, 6) is 0.0318. The van der Waals surface area contributed by atoms with Gasteiger partial charge in [0.15, 0.2) is 0 Å². The fraction of sp³-hybridized carbons (Fsp3) is 0.269. The molecule has 7 rings (SSSR count). The van der Waals surface area contributed by atoms with Gasteiger partial charge >= 0.3 is 0 Å². The molecule has 0 saturated carbocycles. The molecule has 306 valence electrons. The summed E-state index contributed by atoms with van der Waals surface area (Å²) < 4.78 is 0. The Bertz CT molecular complexity index is 2660. The number of carbonyl (C=O) groups excluding carboxylic acids is 2. The first-order valence-corrected chi connectivity index (χ1v) is 21.2. The Morgan fingerprint density at radius 3 is 1.42 bits per heavy atom. The zero-order valence-corrected chi connectivity index (χ0v) is 35.4. The van der Waals surface area contributed by atoms with Crippen LogP contribution in [0.4, 0.5) is 0 Å². The Balaban J connectivity index is 1.24. The molecule has 2 aliphatic heterocycles. The molecule has 0 spiro atoms. The smallest absolute Gasteiger partial charge is 0.220 e. The van der Waals surface area contributed by atoms with Crippen LogP contribution in [-0.2, 0) is 22.4 Å². The third kappa shape index (κ3) is 9.50. The highest BCUT2D eigenvalue weighted by atomic mass is 16.2. The Hall–Kier alpha value is -6.54. The number of aromatic nitrogens is 4. The third-order valence-electron chi connectivity index (χ3n) is 11.9. The van der Waals surface area contributed by atoms with Gasteiger partial charge < -0.3 is 20.6 Å². The van der Waals surface area contributed by atoms with E-state index in [0.717, 1.165) is 115 Å². The number of fused-ring (bicyclic) bond motifs is 8. The van der Waals surface area contributed by atoms with Crippen LogP contribution in [0, 0.1) is 13.8 Å². The SMILES string of the molecule is C=Cc1c(C)c2cc3[nH]c(cc4nc(cc5nc(cc1[nH]2)C(C)=C5CCC(=O)NCCCc1ccccc1)C(CCC(=O)NCCCc1ccccc1)=C4C)c(C)c3C=C. The number of amides is 2. The lowest BCUT2D eigenvalue weighted by Gasteiger charge is -2.09. The van der Waals surface area contributed by atoms with Gasteiger partial charge in [0.1, 0.15) is 0 Å². The quantitative estimate of drug-likeness (QED) is 0.0744. The summed E-state index contributed by atoms with van der Waals surface area (Å²) in [7, 11) is 0. The van der Waals surface area contributed by atoms with Crippen LogP contribution in [-0.4, -0.2) is 44.8 Å². The number of carbonyl (C=O) groups is 2. The van der Waals surface area contributed by atoms with Crippen LogP contribution >= 0.6 is 0 Å². The lowest BCUT2D eigenvalue weighted by atomic mass is 9.98. The van der Waals surface area contributed by atoms with E-state index < -0.39 is 0 Å². The number of aromatic amines is 2. The van der Waals surface area contributed by atoms with Crippen LogP contribution in [0.25, 0.3) is 56.5 Å². The first-order valence-electron chi connectivity index (χ1n) is 21.2. The van der Waals surface area contributed by atoms with Crippen molar-refractivity contribution in [3.05, 3.63) is 154 Å². The minimum absolute atomic E-state index is 0.0154. The van der Waals surface area contributed by atoms with E-state index in [-0.39, 0.29) is 11.8 Å². The van der Waals surface area contributed by atoms with Gasteiger partial charge in [-0.2, -0.15) is 0 Å². The van der Waals surface area contributed by atoms with E-state index in [1.165, 1.54) is 11.1 Å². The largest absolute Gasteiger partial charge is 0.356 e. The van der Waals surface area contributed by atoms with Crippen molar-refractivity contribution in [2.45, 2.75) is 79.1 Å². The maximum Gasteiger partial charge on any atom is 0.220 e. The van der Waals surface area contributed by atoms with Gasteiger partial charge in [-0.05, 0) is 135 Å². The van der Waals surface area contributed by atoms with Crippen molar-refractivity contribution in [3.63, 3.8) is 0 Å². The van der Waals surface area contributed by atoms with Gasteiger partial charge in [-0.1, -0.05) is 86.0 Å². The average Bonchev–Trinajstić information content (AvgIpc) is 3.92. The second-order valence-electron chi connectivity index (χ2n) is 15.8. The Morgan fingerprint density at radius 2 is 0.967 bits per heavy atom. The van der Waals surface area contributed by atoms with Crippen LogP contribution in [0.1, 0.15) is 109 Å². The molecule has 5 heterocycles. The van der Waals surface area contributed by atoms with Gasteiger partial charge in [-0.25, -0.2) is 9.97 Å². The second-order valence-corrected chi connectivity index (χ2v) is 15.8. The van der Waals surface area contributed by atoms with Gasteiger partial charge in [0, 0.05) is 59.1 Å². The summed E-state index contributed by atoms with van der Waals surface area (Å²) in [6, 6.07) is 29.0. The minimum Gasteiger partial charge on any atom is -0.356 e. The lowest BCUT2D eigenvalue weighted by Crippen LogP contribution is -2.24. The van der Waals surface area contributed by atoms with Crippen LogP contribution < -0.4 is 10.6 Å². The van der Waals surface area contributed by atoms with E-state index in [4.69, 9.17) is 9.97 Å². The zero-order chi connectivity index (χ0) is 42.2. The van der Waals surface area contributed by atoms with Gasteiger partial charge in [-0.15, -0.1) is 0 Å². The highest BCUT2D eigenvalue weighted by Crippen LogP contribution is 2.38. The number of benzene rings is 2. The first kappa shape index (κ1) is 41.6. The number of hydrogen-bond acceptors (Lipinski definition) is 4. The van der Waals surface area contributed by atoms with E-state index in [9.17, 15) is 9.59 Å². The molecule has 2 aromatic carbocycles. The summed E-state index contributed by atoms with van der Waals surface area (Å²) in [5, 5.41) is 6.27. The lowest BCUT2D eigenvalue weighted by molar-refractivity contribution is -0.121. The number of allylic oxidation sites excluding steroid dienone is 4. The molecule has 4 N–H and O–H groups in total. The number of hydrogen-bond donors (Lipinski definition) is 4. The van der Waals surface area contributed by atoms with Crippen molar-refractivity contribution in [3.8, 4) is 0 Å². The molecule has 0 atom stereocenters. The number of aryl methyl sites for hydroxylation is 4. The first-order chi connectivity index (χ1) is 29.1. The maximum absolute atomic E-state index is 13.2. The van der Waals surface area contributed by atoms with Crippen molar-refractivity contribution in [2.24, 2.45) is 0 Å². The zero-order valence-electron chi connectivity index (χ0n) is 35.4. The molecular weight excluding hydrogens is 741 g/mol. The van der Waals surface area contributed by atoms with Crippen LogP contribution in [0.3, 0.4) is 0 Å². The minimum atomic E-state index is 0.0154. The third-order valence-corrected chi connectivity index (χ3v) is 11.9. The summed E-state index contributed by atoms with van der Waals surface area (Å²) in [4.78, 5) is 44.3. The fourth-order valence-corrected chi connectivity index (χ4v) is 8.29. The summed E-state index contributed by atoms with van der Waals surface area (Å²) in [6.07, 6.45) is 9.07. The molecule has 5 aromatic rings. The Morgan fingerprint density at radius 1 is 0.550 bits per heavy atom. The van der Waals surface area contributed by atoms with Crippen LogP contribution in [0.15, 0.2) is 98.1 Å². The standard InChI is InChI=1S/C52H56N6O2/c1-7-39-33(3)43-29-44-35(5)41(23-25-51(59)53-27-15-21-37-17-11-9-12-18-37)49(57-44)32-50-42(24-26-52(60)54-28-16-22-38-19-13-10-14-20-38)36(6)46(58-50)31-48-40(8-2)34(4)45(56-48)30-47(39)55-43/h7-14,17-20,29-32,55-56H,1-2,15-16,21-28H2,3-6H3,(H,53,59)(H,54,60). The highest BCUT2D eigenvalue weighted by molar-refractivity contribution is 5.97. The molecule has 8 bridgehead atoms. The monoisotopic (exact) mass is 796 g/mol. The van der Waals surface area contributed by atoms with Gasteiger partial charge in [0.05, 0.1) is 22.8 Å². The average molecular weight is 797 g/mol. The summed E-state index contributed by atoms with van der Waals surface area (Å²) in [6.45, 7) is 17.9. The van der Waals surface area contributed by atoms with Crippen molar-refractivity contribution in [1.29, 1.82) is 0 Å². The number of nitrogens with zero attached hydrogens (tertiary/aromatic N) is 2. The molecule has 2 aliphatic rings. The molecule has 8 nitrogen and oxygen atoms in total. The maximum atomic E-state index is 13.2. The summed E-state index contributed by atoms with van der Waals surface area (Å²) >= 11 is 0. The molecule has 8 heteroatoms. The number of nitrogens with one attached hydrogen (secondary N) is 4. The Kier molecular flexibility index (Phi) is 13.2. The molecule has 0 unspecified atom stereocenters. The van der Waals surface area contributed by atoms with Crippen LogP contribution in [0.5, 0.6) is 0 Å². The molecule has 0 fully saturated rings. The second kappa shape index (κ2) is 19.0. The molecule has 0 saturated heterocycles. The van der Waals surface area contributed by atoms with Crippen LogP contribution in [0.2, 0.25) is 0 Å². The normalized spacial score (nSPS) is 12.5. The van der Waals surface area contributed by atoms with Crippen molar-refractivity contribution < 1.29 is 9.59 Å². The topological polar surface area (TPSA) is 116 Å². The predicted molar refractivity (Wildman–Crippen MR) is 250 cm³/mol.